The Balaban J connectivity index is 1.58. The first-order chi connectivity index (χ1) is 19.2. The van der Waals surface area contributed by atoms with Crippen molar-refractivity contribution in [1.82, 2.24) is 4.57 Å². The predicted octanol–water partition coefficient (Wildman–Crippen LogP) is 4.89. The van der Waals surface area contributed by atoms with E-state index < -0.39 is 18.0 Å². The number of allylic oxidation sites excluding steroid dienone is 1. The molecule has 0 saturated heterocycles. The topological polar surface area (TPSA) is 100 Å². The highest BCUT2D eigenvalue weighted by Gasteiger charge is 2.34. The number of ether oxygens (including phenoxy) is 2. The van der Waals surface area contributed by atoms with Gasteiger partial charge in [0.05, 0.1) is 34.6 Å². The molecule has 0 aliphatic carbocycles. The lowest BCUT2D eigenvalue weighted by atomic mass is 9.96. The number of benzene rings is 2. The lowest BCUT2D eigenvalue weighted by Gasteiger charge is -2.26. The van der Waals surface area contributed by atoms with Crippen LogP contribution in [-0.4, -0.2) is 29.7 Å². The van der Waals surface area contributed by atoms with E-state index in [1.54, 1.807) is 87.5 Å². The Morgan fingerprint density at radius 3 is 2.48 bits per heavy atom. The highest BCUT2D eigenvalue weighted by molar-refractivity contribution is 7.07. The first kappa shape index (κ1) is 27.4. The van der Waals surface area contributed by atoms with E-state index in [-0.39, 0.29) is 17.2 Å². The van der Waals surface area contributed by atoms with Crippen LogP contribution < -0.4 is 14.9 Å². The van der Waals surface area contributed by atoms with Crippen LogP contribution in [-0.2, 0) is 14.3 Å². The smallest absolute Gasteiger partial charge is 0.338 e. The molecule has 4 aromatic rings. The third-order valence-corrected chi connectivity index (χ3v) is 7.60. The number of nitrogens with zero attached hydrogens (tertiary/aromatic N) is 2. The average Bonchev–Trinajstić information content (AvgIpc) is 3.51. The number of carbonyl (C=O) groups excluding carboxylic acids is 2. The van der Waals surface area contributed by atoms with Crippen molar-refractivity contribution in [2.45, 2.75) is 32.9 Å². The SMILES string of the molecule is COC(=O)c1ccc(-c2ccc(C=c3sc4n(c3=O)C(c3ccccc3Cl)C(C(=O)OC(C)C)=C(C)N=4)o2)cc1. The zero-order chi connectivity index (χ0) is 28.6. The van der Waals surface area contributed by atoms with Gasteiger partial charge in [-0.3, -0.25) is 9.36 Å². The minimum absolute atomic E-state index is 0.261. The summed E-state index contributed by atoms with van der Waals surface area (Å²) in [5, 5.41) is 0.417. The Morgan fingerprint density at radius 1 is 1.07 bits per heavy atom. The standard InChI is InChI=1S/C30H25ClN2O6S/c1-16(2)38-29(36)25-17(3)32-30-33(26(25)21-7-5-6-8-22(21)31)27(34)24(40-30)15-20-13-14-23(39-20)18-9-11-19(12-10-18)28(35)37-4/h5-16,26H,1-4H3. The first-order valence-electron chi connectivity index (χ1n) is 12.4. The molecule has 3 heterocycles. The van der Waals surface area contributed by atoms with E-state index in [1.807, 2.05) is 0 Å². The van der Waals surface area contributed by atoms with Crippen LogP contribution in [0.4, 0.5) is 0 Å². The molecule has 204 valence electrons. The van der Waals surface area contributed by atoms with Gasteiger partial charge in [-0.1, -0.05) is 53.3 Å². The highest BCUT2D eigenvalue weighted by Crippen LogP contribution is 2.34. The van der Waals surface area contributed by atoms with E-state index in [0.717, 1.165) is 5.56 Å². The third kappa shape index (κ3) is 5.17. The molecule has 1 atom stereocenters. The molecule has 1 unspecified atom stereocenters. The van der Waals surface area contributed by atoms with Gasteiger partial charge in [-0.05, 0) is 56.7 Å². The van der Waals surface area contributed by atoms with Crippen molar-refractivity contribution < 1.29 is 23.5 Å². The molecule has 2 aromatic heterocycles. The normalized spacial score (nSPS) is 15.2. The van der Waals surface area contributed by atoms with Gasteiger partial charge in [0, 0.05) is 16.7 Å². The maximum absolute atomic E-state index is 13.8. The molecule has 0 fully saturated rings. The molecule has 5 rings (SSSR count). The van der Waals surface area contributed by atoms with Gasteiger partial charge in [0.2, 0.25) is 0 Å². The summed E-state index contributed by atoms with van der Waals surface area (Å²) in [5.74, 6) is 0.0538. The quantitative estimate of drug-likeness (QED) is 0.303. The molecule has 0 radical (unpaired) electrons. The fourth-order valence-corrected chi connectivity index (χ4v) is 5.72. The van der Waals surface area contributed by atoms with Crippen molar-refractivity contribution in [3.05, 3.63) is 114 Å². The minimum atomic E-state index is -0.807. The van der Waals surface area contributed by atoms with Crippen LogP contribution in [0.2, 0.25) is 5.02 Å². The molecule has 0 saturated carbocycles. The summed E-state index contributed by atoms with van der Waals surface area (Å²) < 4.78 is 18.1. The maximum Gasteiger partial charge on any atom is 0.338 e. The summed E-state index contributed by atoms with van der Waals surface area (Å²) in [4.78, 5) is 43.7. The van der Waals surface area contributed by atoms with E-state index in [4.69, 9.17) is 25.5 Å². The van der Waals surface area contributed by atoms with E-state index in [2.05, 4.69) is 4.99 Å². The van der Waals surface area contributed by atoms with Crippen molar-refractivity contribution in [2.75, 3.05) is 7.11 Å². The van der Waals surface area contributed by atoms with Crippen LogP contribution in [0.15, 0.2) is 86.1 Å². The molecule has 40 heavy (non-hydrogen) atoms. The summed E-state index contributed by atoms with van der Waals surface area (Å²) in [6.07, 6.45) is 1.29. The van der Waals surface area contributed by atoms with Crippen molar-refractivity contribution in [2.24, 2.45) is 4.99 Å². The Labute approximate surface area is 238 Å². The number of esters is 2. The zero-order valence-electron chi connectivity index (χ0n) is 22.1. The number of methoxy groups -OCH3 is 1. The highest BCUT2D eigenvalue weighted by atomic mass is 35.5. The van der Waals surface area contributed by atoms with E-state index in [1.165, 1.54) is 23.0 Å². The number of carbonyl (C=O) groups is 2. The van der Waals surface area contributed by atoms with Crippen molar-refractivity contribution >= 4 is 41.0 Å². The van der Waals surface area contributed by atoms with Crippen molar-refractivity contribution in [1.29, 1.82) is 0 Å². The lowest BCUT2D eigenvalue weighted by Crippen LogP contribution is -2.40. The molecule has 10 heteroatoms. The fraction of sp³-hybridized carbons (Fsp3) is 0.200. The van der Waals surface area contributed by atoms with Gasteiger partial charge in [-0.15, -0.1) is 0 Å². The number of hydrogen-bond acceptors (Lipinski definition) is 8. The van der Waals surface area contributed by atoms with Crippen LogP contribution >= 0.6 is 22.9 Å². The van der Waals surface area contributed by atoms with E-state index in [0.29, 0.717) is 42.7 Å². The van der Waals surface area contributed by atoms with Crippen molar-refractivity contribution in [3.8, 4) is 11.3 Å². The summed E-state index contributed by atoms with van der Waals surface area (Å²) in [6, 6.07) is 16.6. The second-order valence-electron chi connectivity index (χ2n) is 9.33. The van der Waals surface area contributed by atoms with Gasteiger partial charge in [0.1, 0.15) is 17.6 Å². The fourth-order valence-electron chi connectivity index (χ4n) is 4.45. The number of hydrogen-bond donors (Lipinski definition) is 0. The van der Waals surface area contributed by atoms with Crippen LogP contribution in [0.5, 0.6) is 0 Å². The summed E-state index contributed by atoms with van der Waals surface area (Å²) in [5.41, 5.74) is 2.17. The van der Waals surface area contributed by atoms with Gasteiger partial charge in [0.15, 0.2) is 4.80 Å². The van der Waals surface area contributed by atoms with Crippen LogP contribution in [0.25, 0.3) is 17.4 Å². The molecular formula is C30H25ClN2O6S. The maximum atomic E-state index is 13.8. The third-order valence-electron chi connectivity index (χ3n) is 6.27. The Morgan fingerprint density at radius 2 is 1.80 bits per heavy atom. The molecular weight excluding hydrogens is 552 g/mol. The van der Waals surface area contributed by atoms with Gasteiger partial charge in [0.25, 0.3) is 5.56 Å². The van der Waals surface area contributed by atoms with Gasteiger partial charge in [-0.25, -0.2) is 14.6 Å². The molecule has 0 N–H and O–H groups in total. The lowest BCUT2D eigenvalue weighted by molar-refractivity contribution is -0.143. The van der Waals surface area contributed by atoms with Crippen molar-refractivity contribution in [3.63, 3.8) is 0 Å². The molecule has 0 bridgehead atoms. The summed E-state index contributed by atoms with van der Waals surface area (Å²) in [6.45, 7) is 5.25. The zero-order valence-corrected chi connectivity index (χ0v) is 23.7. The Kier molecular flexibility index (Phi) is 7.60. The summed E-state index contributed by atoms with van der Waals surface area (Å²) in [7, 11) is 1.33. The average molecular weight is 577 g/mol. The number of thiazole rings is 1. The number of fused-ring (bicyclic) bond motifs is 1. The second kappa shape index (κ2) is 11.1. The summed E-state index contributed by atoms with van der Waals surface area (Å²) >= 11 is 7.76. The van der Waals surface area contributed by atoms with E-state index >= 15 is 0 Å². The number of halogens is 1. The molecule has 2 aromatic carbocycles. The van der Waals surface area contributed by atoms with Crippen LogP contribution in [0.1, 0.15) is 48.5 Å². The van der Waals surface area contributed by atoms with E-state index in [9.17, 15) is 14.4 Å². The largest absolute Gasteiger partial charge is 0.465 e. The molecule has 1 aliphatic rings. The molecule has 1 aliphatic heterocycles. The molecule has 0 spiro atoms. The minimum Gasteiger partial charge on any atom is -0.465 e. The first-order valence-corrected chi connectivity index (χ1v) is 13.6. The van der Waals surface area contributed by atoms with Crippen LogP contribution in [0.3, 0.4) is 0 Å². The van der Waals surface area contributed by atoms with Gasteiger partial charge >= 0.3 is 11.9 Å². The molecule has 8 nitrogen and oxygen atoms in total. The second-order valence-corrected chi connectivity index (χ2v) is 10.7. The predicted molar refractivity (Wildman–Crippen MR) is 152 cm³/mol. The number of rotatable bonds is 6. The Bertz CT molecular complexity index is 1830. The van der Waals surface area contributed by atoms with Gasteiger partial charge < -0.3 is 13.9 Å². The Hall–Kier alpha value is -4.21. The monoisotopic (exact) mass is 576 g/mol. The van der Waals surface area contributed by atoms with Crippen LogP contribution in [0, 0.1) is 0 Å². The van der Waals surface area contributed by atoms with Gasteiger partial charge in [-0.2, -0.15) is 0 Å². The number of furan rings is 1. The number of aromatic nitrogens is 1. The molecule has 0 amide bonds.